The fraction of sp³-hybridized carbons (Fsp3) is 0.500. The largest absolute Gasteiger partial charge is 0.368 e. The lowest BCUT2D eigenvalue weighted by molar-refractivity contribution is 0.588. The highest BCUT2D eigenvalue weighted by Gasteiger charge is 2.08. The van der Waals surface area contributed by atoms with Crippen molar-refractivity contribution in [2.45, 2.75) is 0 Å². The van der Waals surface area contributed by atoms with E-state index < -0.39 is 10.0 Å². The van der Waals surface area contributed by atoms with Crippen LogP contribution in [0.5, 0.6) is 0 Å². The van der Waals surface area contributed by atoms with Gasteiger partial charge in [0.1, 0.15) is 5.02 Å². The van der Waals surface area contributed by atoms with Gasteiger partial charge in [0.2, 0.25) is 16.0 Å². The number of sulfonamides is 1. The fourth-order valence-electron chi connectivity index (χ4n) is 1.02. The Morgan fingerprint density at radius 1 is 1.41 bits per heavy atom. The molecule has 0 fully saturated rings. The predicted octanol–water partition coefficient (Wildman–Crippen LogP) is 0.133. The van der Waals surface area contributed by atoms with Crippen LogP contribution in [0.4, 0.5) is 11.8 Å². The van der Waals surface area contributed by atoms with E-state index >= 15 is 0 Å². The van der Waals surface area contributed by atoms with Crippen LogP contribution in [-0.2, 0) is 10.0 Å². The molecule has 0 atom stereocenters. The van der Waals surface area contributed by atoms with Crippen LogP contribution in [0.2, 0.25) is 5.02 Å². The zero-order valence-electron chi connectivity index (χ0n) is 9.49. The predicted molar refractivity (Wildman–Crippen MR) is 67.9 cm³/mol. The van der Waals surface area contributed by atoms with Gasteiger partial charge in [-0.15, -0.1) is 0 Å². The smallest absolute Gasteiger partial charge is 0.224 e. The fourth-order valence-corrected chi connectivity index (χ4v) is 1.75. The summed E-state index contributed by atoms with van der Waals surface area (Å²) in [6.07, 6.45) is 1.44. The van der Waals surface area contributed by atoms with Crippen molar-refractivity contribution in [2.75, 3.05) is 37.0 Å². The van der Waals surface area contributed by atoms with E-state index in [0.717, 1.165) is 0 Å². The van der Waals surface area contributed by atoms with Crippen LogP contribution >= 0.6 is 11.6 Å². The standard InChI is InChI=1S/C8H14ClN5O2S/c1-10-8-13-5-6(9)7(14-8)12-3-4-17(15,16)11-2/h5,11H,3-4H2,1-2H3,(H2,10,12,13,14). The number of rotatable bonds is 6. The summed E-state index contributed by atoms with van der Waals surface area (Å²) in [6.45, 7) is 0.211. The number of anilines is 2. The minimum absolute atomic E-state index is 0.0568. The Balaban J connectivity index is 2.63. The van der Waals surface area contributed by atoms with Crippen LogP contribution in [0.3, 0.4) is 0 Å². The van der Waals surface area contributed by atoms with Gasteiger partial charge in [0.25, 0.3) is 0 Å². The highest BCUT2D eigenvalue weighted by atomic mass is 35.5. The first-order chi connectivity index (χ1) is 7.98. The third kappa shape index (κ3) is 4.33. The molecule has 0 spiro atoms. The molecule has 0 unspecified atom stereocenters. The molecule has 0 aliphatic carbocycles. The number of halogens is 1. The number of hydrogen-bond donors (Lipinski definition) is 3. The third-order valence-corrected chi connectivity index (χ3v) is 3.58. The molecule has 7 nitrogen and oxygen atoms in total. The first kappa shape index (κ1) is 13.9. The van der Waals surface area contributed by atoms with E-state index in [9.17, 15) is 8.42 Å². The summed E-state index contributed by atoms with van der Waals surface area (Å²) in [5.41, 5.74) is 0. The monoisotopic (exact) mass is 279 g/mol. The normalized spacial score (nSPS) is 11.2. The van der Waals surface area contributed by atoms with Gasteiger partial charge < -0.3 is 10.6 Å². The summed E-state index contributed by atoms with van der Waals surface area (Å²) in [5, 5.41) is 5.94. The van der Waals surface area contributed by atoms with Gasteiger partial charge in [-0.3, -0.25) is 0 Å². The zero-order chi connectivity index (χ0) is 12.9. The van der Waals surface area contributed by atoms with E-state index in [1.54, 1.807) is 7.05 Å². The van der Waals surface area contributed by atoms with E-state index in [-0.39, 0.29) is 12.3 Å². The summed E-state index contributed by atoms with van der Waals surface area (Å²) >= 11 is 5.86. The first-order valence-electron chi connectivity index (χ1n) is 4.84. The van der Waals surface area contributed by atoms with Gasteiger partial charge in [-0.1, -0.05) is 11.6 Å². The van der Waals surface area contributed by atoms with Crippen LogP contribution in [0, 0.1) is 0 Å². The van der Waals surface area contributed by atoms with E-state index in [4.69, 9.17) is 11.6 Å². The molecule has 0 saturated heterocycles. The number of aromatic nitrogens is 2. The van der Waals surface area contributed by atoms with Gasteiger partial charge in [0, 0.05) is 13.6 Å². The number of nitrogens with one attached hydrogen (secondary N) is 3. The summed E-state index contributed by atoms with van der Waals surface area (Å²) < 4.78 is 24.6. The molecule has 9 heteroatoms. The minimum Gasteiger partial charge on any atom is -0.368 e. The number of nitrogens with zero attached hydrogens (tertiary/aromatic N) is 2. The van der Waals surface area contributed by atoms with E-state index in [1.165, 1.54) is 13.2 Å². The first-order valence-corrected chi connectivity index (χ1v) is 6.87. The molecule has 0 amide bonds. The van der Waals surface area contributed by atoms with E-state index in [1.807, 2.05) is 0 Å². The van der Waals surface area contributed by atoms with Crippen molar-refractivity contribution in [3.8, 4) is 0 Å². The lowest BCUT2D eigenvalue weighted by Gasteiger charge is -2.08. The van der Waals surface area contributed by atoms with Crippen LogP contribution in [0.15, 0.2) is 6.20 Å². The van der Waals surface area contributed by atoms with Gasteiger partial charge in [-0.05, 0) is 7.05 Å². The van der Waals surface area contributed by atoms with Gasteiger partial charge in [0.05, 0.1) is 11.9 Å². The maximum Gasteiger partial charge on any atom is 0.224 e. The molecule has 0 radical (unpaired) electrons. The maximum atomic E-state index is 11.2. The van der Waals surface area contributed by atoms with Crippen molar-refractivity contribution in [3.05, 3.63) is 11.2 Å². The van der Waals surface area contributed by atoms with Crippen LogP contribution in [0.1, 0.15) is 0 Å². The van der Waals surface area contributed by atoms with Crippen molar-refractivity contribution < 1.29 is 8.42 Å². The van der Waals surface area contributed by atoms with E-state index in [2.05, 4.69) is 25.3 Å². The molecule has 17 heavy (non-hydrogen) atoms. The Morgan fingerprint density at radius 3 is 2.71 bits per heavy atom. The lowest BCUT2D eigenvalue weighted by Crippen LogP contribution is -2.26. The molecule has 1 aromatic rings. The average molecular weight is 280 g/mol. The molecule has 0 bridgehead atoms. The number of hydrogen-bond acceptors (Lipinski definition) is 6. The molecule has 96 valence electrons. The third-order valence-electron chi connectivity index (χ3n) is 1.94. The lowest BCUT2D eigenvalue weighted by atomic mass is 10.5. The summed E-state index contributed by atoms with van der Waals surface area (Å²) in [5.74, 6) is 0.754. The van der Waals surface area contributed by atoms with Crippen molar-refractivity contribution in [1.29, 1.82) is 0 Å². The van der Waals surface area contributed by atoms with Crippen molar-refractivity contribution in [1.82, 2.24) is 14.7 Å². The Hall–Kier alpha value is -1.12. The maximum absolute atomic E-state index is 11.2. The zero-order valence-corrected chi connectivity index (χ0v) is 11.1. The highest BCUT2D eigenvalue weighted by Crippen LogP contribution is 2.18. The Labute approximate surface area is 105 Å². The minimum atomic E-state index is -3.23. The molecule has 0 aliphatic rings. The topological polar surface area (TPSA) is 96.0 Å². The second-order valence-electron chi connectivity index (χ2n) is 3.09. The molecule has 1 rings (SSSR count). The SMILES string of the molecule is CNc1ncc(Cl)c(NCCS(=O)(=O)NC)n1. The molecular weight excluding hydrogens is 266 g/mol. The molecule has 3 N–H and O–H groups in total. The van der Waals surface area contributed by atoms with Crippen molar-refractivity contribution in [3.63, 3.8) is 0 Å². The quantitative estimate of drug-likeness (QED) is 0.685. The molecule has 1 aromatic heterocycles. The van der Waals surface area contributed by atoms with Gasteiger partial charge >= 0.3 is 0 Å². The molecule has 1 heterocycles. The van der Waals surface area contributed by atoms with Crippen LogP contribution in [-0.4, -0.2) is 44.8 Å². The Morgan fingerprint density at radius 2 is 2.12 bits per heavy atom. The van der Waals surface area contributed by atoms with Crippen LogP contribution in [0.25, 0.3) is 0 Å². The summed E-state index contributed by atoms with van der Waals surface area (Å²) in [4.78, 5) is 7.96. The molecular formula is C8H14ClN5O2S. The Kier molecular flexibility index (Phi) is 4.91. The summed E-state index contributed by atoms with van der Waals surface area (Å²) in [6, 6.07) is 0. The molecule has 0 aliphatic heterocycles. The second-order valence-corrected chi connectivity index (χ2v) is 5.54. The van der Waals surface area contributed by atoms with Crippen molar-refractivity contribution >= 4 is 33.4 Å². The average Bonchev–Trinajstić information content (AvgIpc) is 2.31. The van der Waals surface area contributed by atoms with Gasteiger partial charge in [-0.25, -0.2) is 18.1 Å². The summed E-state index contributed by atoms with van der Waals surface area (Å²) in [7, 11) is -0.187. The highest BCUT2D eigenvalue weighted by molar-refractivity contribution is 7.89. The van der Waals surface area contributed by atoms with Gasteiger partial charge in [0.15, 0.2) is 5.82 Å². The second kappa shape index (κ2) is 5.99. The Bertz CT molecular complexity index is 479. The molecule has 0 saturated carbocycles. The van der Waals surface area contributed by atoms with E-state index in [0.29, 0.717) is 16.8 Å². The van der Waals surface area contributed by atoms with Crippen molar-refractivity contribution in [2.24, 2.45) is 0 Å². The molecule has 0 aromatic carbocycles. The van der Waals surface area contributed by atoms with Crippen LogP contribution < -0.4 is 15.4 Å². The van der Waals surface area contributed by atoms with Gasteiger partial charge in [-0.2, -0.15) is 4.98 Å².